The Kier molecular flexibility index (Phi) is 4.77. The van der Waals surface area contributed by atoms with Crippen LogP contribution < -0.4 is 5.32 Å². The monoisotopic (exact) mass is 295 g/mol. The number of nitrogens with one attached hydrogen (secondary N) is 1. The molecule has 0 spiro atoms. The zero-order valence-electron chi connectivity index (χ0n) is 9.37. The van der Waals surface area contributed by atoms with Crippen molar-refractivity contribution in [2.24, 2.45) is 0 Å². The van der Waals surface area contributed by atoms with Crippen LogP contribution in [0.25, 0.3) is 0 Å². The lowest BCUT2D eigenvalue weighted by Gasteiger charge is -2.19. The molecule has 0 bridgehead atoms. The van der Waals surface area contributed by atoms with Crippen LogP contribution in [0.3, 0.4) is 0 Å². The lowest BCUT2D eigenvalue weighted by molar-refractivity contribution is -0.174. The molecule has 0 fully saturated rings. The minimum Gasteiger partial charge on any atom is -0.481 e. The Morgan fingerprint density at radius 1 is 1.32 bits per heavy atom. The maximum absolute atomic E-state index is 12.2. The van der Waals surface area contributed by atoms with Crippen molar-refractivity contribution >= 4 is 23.5 Å². The minimum absolute atomic E-state index is 0.0798. The molecule has 1 aromatic carbocycles. The summed E-state index contributed by atoms with van der Waals surface area (Å²) < 4.78 is 36.5. The fourth-order valence-corrected chi connectivity index (χ4v) is 1.68. The van der Waals surface area contributed by atoms with Crippen LogP contribution in [-0.2, 0) is 9.59 Å². The van der Waals surface area contributed by atoms with Gasteiger partial charge in [-0.25, -0.2) is 0 Å². The van der Waals surface area contributed by atoms with Crippen molar-refractivity contribution in [3.05, 3.63) is 34.9 Å². The van der Waals surface area contributed by atoms with Crippen molar-refractivity contribution in [2.75, 3.05) is 0 Å². The molecule has 1 aromatic rings. The van der Waals surface area contributed by atoms with Gasteiger partial charge < -0.3 is 10.4 Å². The second-order valence-electron chi connectivity index (χ2n) is 3.64. The lowest BCUT2D eigenvalue weighted by atomic mass is 10.0. The van der Waals surface area contributed by atoms with Crippen LogP contribution in [0.1, 0.15) is 18.0 Å². The zero-order chi connectivity index (χ0) is 14.6. The number of carbonyl (C=O) groups excluding carboxylic acids is 1. The highest BCUT2D eigenvalue weighted by atomic mass is 35.5. The molecule has 8 heteroatoms. The Balaban J connectivity index is 3.00. The van der Waals surface area contributed by atoms with Crippen molar-refractivity contribution in [3.63, 3.8) is 0 Å². The second-order valence-corrected chi connectivity index (χ2v) is 4.05. The molecule has 1 rings (SSSR count). The van der Waals surface area contributed by atoms with Crippen LogP contribution >= 0.6 is 11.6 Å². The number of amides is 1. The summed E-state index contributed by atoms with van der Waals surface area (Å²) in [5, 5.41) is 10.4. The molecule has 4 nitrogen and oxygen atoms in total. The average Bonchev–Trinajstić information content (AvgIpc) is 2.26. The molecular formula is C11H9ClF3NO3. The van der Waals surface area contributed by atoms with Crippen molar-refractivity contribution in [3.8, 4) is 0 Å². The minimum atomic E-state index is -5.09. The Morgan fingerprint density at radius 3 is 2.37 bits per heavy atom. The molecule has 0 aliphatic rings. The van der Waals surface area contributed by atoms with E-state index in [4.69, 9.17) is 16.7 Å². The van der Waals surface area contributed by atoms with Gasteiger partial charge >= 0.3 is 18.1 Å². The summed E-state index contributed by atoms with van der Waals surface area (Å²) in [5.74, 6) is -3.56. The van der Waals surface area contributed by atoms with E-state index in [-0.39, 0.29) is 10.6 Å². The van der Waals surface area contributed by atoms with Crippen molar-refractivity contribution in [1.82, 2.24) is 5.32 Å². The SMILES string of the molecule is O=C(O)C[C@@H](NC(=O)C(F)(F)F)c1ccccc1Cl. The molecule has 1 atom stereocenters. The van der Waals surface area contributed by atoms with Crippen LogP contribution in [-0.4, -0.2) is 23.2 Å². The van der Waals surface area contributed by atoms with Crippen LogP contribution in [0.15, 0.2) is 24.3 Å². The van der Waals surface area contributed by atoms with Gasteiger partial charge in [-0.1, -0.05) is 29.8 Å². The van der Waals surface area contributed by atoms with Crippen molar-refractivity contribution < 1.29 is 27.9 Å². The molecule has 0 radical (unpaired) electrons. The highest BCUT2D eigenvalue weighted by molar-refractivity contribution is 6.31. The van der Waals surface area contributed by atoms with Gasteiger partial charge in [0, 0.05) is 5.02 Å². The average molecular weight is 296 g/mol. The van der Waals surface area contributed by atoms with Gasteiger partial charge in [0.1, 0.15) is 0 Å². The van der Waals surface area contributed by atoms with Gasteiger partial charge in [-0.2, -0.15) is 13.2 Å². The molecule has 19 heavy (non-hydrogen) atoms. The maximum Gasteiger partial charge on any atom is 0.471 e. The Morgan fingerprint density at radius 2 is 1.89 bits per heavy atom. The van der Waals surface area contributed by atoms with Gasteiger partial charge in [0.15, 0.2) is 0 Å². The third kappa shape index (κ3) is 4.44. The standard InChI is InChI=1S/C11H9ClF3NO3/c12-7-4-2-1-3-6(7)8(5-9(17)18)16-10(19)11(13,14)15/h1-4,8H,5H2,(H,16,19)(H,17,18)/t8-/m1/s1. The number of hydrogen-bond donors (Lipinski definition) is 2. The summed E-state index contributed by atoms with van der Waals surface area (Å²) in [4.78, 5) is 21.5. The van der Waals surface area contributed by atoms with E-state index in [1.807, 2.05) is 0 Å². The second kappa shape index (κ2) is 5.92. The Labute approximate surface area is 111 Å². The lowest BCUT2D eigenvalue weighted by Crippen LogP contribution is -2.39. The molecule has 0 aliphatic carbocycles. The summed E-state index contributed by atoms with van der Waals surface area (Å²) in [7, 11) is 0. The fraction of sp³-hybridized carbons (Fsp3) is 0.273. The third-order valence-corrected chi connectivity index (χ3v) is 2.57. The number of hydrogen-bond acceptors (Lipinski definition) is 2. The normalized spacial score (nSPS) is 12.8. The molecule has 104 valence electrons. The molecule has 0 aromatic heterocycles. The third-order valence-electron chi connectivity index (χ3n) is 2.22. The van der Waals surface area contributed by atoms with E-state index >= 15 is 0 Å². The van der Waals surface area contributed by atoms with Gasteiger partial charge in [0.25, 0.3) is 0 Å². The first kappa shape index (κ1) is 15.3. The summed E-state index contributed by atoms with van der Waals surface area (Å²) in [6.07, 6.45) is -5.79. The van der Waals surface area contributed by atoms with Gasteiger partial charge in [-0.15, -0.1) is 0 Å². The largest absolute Gasteiger partial charge is 0.481 e. The number of benzene rings is 1. The quantitative estimate of drug-likeness (QED) is 0.897. The molecule has 0 saturated heterocycles. The van der Waals surface area contributed by atoms with Crippen LogP contribution in [0.2, 0.25) is 5.02 Å². The van der Waals surface area contributed by atoms with Gasteiger partial charge in [0.05, 0.1) is 12.5 Å². The van der Waals surface area contributed by atoms with E-state index in [0.29, 0.717) is 0 Å². The van der Waals surface area contributed by atoms with E-state index in [1.54, 1.807) is 5.32 Å². The van der Waals surface area contributed by atoms with Crippen LogP contribution in [0, 0.1) is 0 Å². The van der Waals surface area contributed by atoms with E-state index in [2.05, 4.69) is 0 Å². The summed E-state index contributed by atoms with van der Waals surface area (Å²) in [6, 6.07) is 4.42. The maximum atomic E-state index is 12.2. The molecule has 0 saturated carbocycles. The predicted octanol–water partition coefficient (Wildman–Crippen LogP) is 2.53. The molecule has 2 N–H and O–H groups in total. The number of carboxylic acid groups (broad SMARTS) is 1. The number of carboxylic acids is 1. The summed E-state index contributed by atoms with van der Waals surface area (Å²) in [6.45, 7) is 0. The van der Waals surface area contributed by atoms with E-state index in [1.165, 1.54) is 24.3 Å². The highest BCUT2D eigenvalue weighted by Gasteiger charge is 2.40. The van der Waals surface area contributed by atoms with Gasteiger partial charge in [0.2, 0.25) is 0 Å². The van der Waals surface area contributed by atoms with Crippen LogP contribution in [0.4, 0.5) is 13.2 Å². The predicted molar refractivity (Wildman–Crippen MR) is 60.6 cm³/mol. The first-order valence-corrected chi connectivity index (χ1v) is 5.43. The topological polar surface area (TPSA) is 66.4 Å². The van der Waals surface area contributed by atoms with E-state index < -0.39 is 30.5 Å². The number of aliphatic carboxylic acids is 1. The summed E-state index contributed by atoms with van der Waals surface area (Å²) >= 11 is 5.77. The van der Waals surface area contributed by atoms with Crippen LogP contribution in [0.5, 0.6) is 0 Å². The van der Waals surface area contributed by atoms with E-state index in [9.17, 15) is 22.8 Å². The molecular weight excluding hydrogens is 287 g/mol. The van der Waals surface area contributed by atoms with Gasteiger partial charge in [-0.3, -0.25) is 9.59 Å². The first-order chi connectivity index (χ1) is 8.71. The Hall–Kier alpha value is -1.76. The smallest absolute Gasteiger partial charge is 0.471 e. The molecule has 1 amide bonds. The highest BCUT2D eigenvalue weighted by Crippen LogP contribution is 2.26. The number of alkyl halides is 3. The van der Waals surface area contributed by atoms with E-state index in [0.717, 1.165) is 0 Å². The van der Waals surface area contributed by atoms with Crippen molar-refractivity contribution in [2.45, 2.75) is 18.6 Å². The summed E-state index contributed by atoms with van der Waals surface area (Å²) in [5.41, 5.74) is 0.115. The van der Waals surface area contributed by atoms with Gasteiger partial charge in [-0.05, 0) is 11.6 Å². The number of carbonyl (C=O) groups is 2. The number of halogens is 4. The number of rotatable bonds is 4. The Bertz CT molecular complexity index is 490. The zero-order valence-corrected chi connectivity index (χ0v) is 10.1. The molecule has 0 heterocycles. The first-order valence-electron chi connectivity index (χ1n) is 5.05. The fourth-order valence-electron chi connectivity index (χ4n) is 1.41. The molecule has 0 aliphatic heterocycles. The molecule has 0 unspecified atom stereocenters. The van der Waals surface area contributed by atoms with Crippen molar-refractivity contribution in [1.29, 1.82) is 0 Å².